The van der Waals surface area contributed by atoms with Crippen molar-refractivity contribution in [3.05, 3.63) is 34.4 Å². The molecule has 2 aromatic heterocycles. The molecule has 6 heteroatoms. The van der Waals surface area contributed by atoms with Crippen LogP contribution in [-0.2, 0) is 6.54 Å². The summed E-state index contributed by atoms with van der Waals surface area (Å²) in [6.45, 7) is 7.13. The summed E-state index contributed by atoms with van der Waals surface area (Å²) < 4.78 is 0. The fourth-order valence-corrected chi connectivity index (χ4v) is 3.03. The number of pyridine rings is 1. The number of nitrogens with zero attached hydrogens (tertiary/aromatic N) is 4. The van der Waals surface area contributed by atoms with Gasteiger partial charge in [0.25, 0.3) is 0 Å². The molecule has 0 aliphatic carbocycles. The normalized spacial score (nSPS) is 16.2. The Labute approximate surface area is 129 Å². The van der Waals surface area contributed by atoms with Crippen molar-refractivity contribution in [2.75, 3.05) is 43.4 Å². The number of aromatic nitrogens is 2. The largest absolute Gasteiger partial charge is 0.368 e. The molecule has 112 valence electrons. The molecule has 5 nitrogen and oxygen atoms in total. The Morgan fingerprint density at radius 2 is 2.05 bits per heavy atom. The van der Waals surface area contributed by atoms with Crippen LogP contribution in [0.15, 0.2) is 23.7 Å². The van der Waals surface area contributed by atoms with Gasteiger partial charge in [-0.25, -0.2) is 9.97 Å². The van der Waals surface area contributed by atoms with E-state index in [1.54, 1.807) is 11.3 Å². The van der Waals surface area contributed by atoms with Crippen LogP contribution >= 0.6 is 11.3 Å². The second-order valence-electron chi connectivity index (χ2n) is 5.40. The van der Waals surface area contributed by atoms with Crippen LogP contribution < -0.4 is 10.2 Å². The van der Waals surface area contributed by atoms with E-state index in [4.69, 9.17) is 0 Å². The zero-order valence-electron chi connectivity index (χ0n) is 12.5. The number of likely N-dealkylation sites (N-methyl/N-ethyl adjacent to an activating group) is 1. The lowest BCUT2D eigenvalue weighted by molar-refractivity contribution is 0.313. The van der Waals surface area contributed by atoms with Crippen LogP contribution in [-0.4, -0.2) is 48.1 Å². The topological polar surface area (TPSA) is 44.3 Å². The van der Waals surface area contributed by atoms with Crippen molar-refractivity contribution in [1.29, 1.82) is 0 Å². The minimum atomic E-state index is 0.727. The van der Waals surface area contributed by atoms with Gasteiger partial charge in [-0.2, -0.15) is 0 Å². The first-order valence-corrected chi connectivity index (χ1v) is 8.13. The fourth-order valence-electron chi connectivity index (χ4n) is 2.41. The highest BCUT2D eigenvalue weighted by Crippen LogP contribution is 2.17. The van der Waals surface area contributed by atoms with Crippen LogP contribution in [0.4, 0.5) is 11.5 Å². The summed E-state index contributed by atoms with van der Waals surface area (Å²) in [7, 11) is 2.17. The van der Waals surface area contributed by atoms with Crippen molar-refractivity contribution in [3.8, 4) is 0 Å². The molecule has 2 aromatic rings. The van der Waals surface area contributed by atoms with Gasteiger partial charge in [-0.1, -0.05) is 0 Å². The minimum Gasteiger partial charge on any atom is -0.368 e. The monoisotopic (exact) mass is 303 g/mol. The molecular weight excluding hydrogens is 282 g/mol. The summed E-state index contributed by atoms with van der Waals surface area (Å²) in [6.07, 6.45) is 1.96. The van der Waals surface area contributed by atoms with Crippen molar-refractivity contribution in [2.24, 2.45) is 0 Å². The van der Waals surface area contributed by atoms with Crippen molar-refractivity contribution < 1.29 is 0 Å². The van der Waals surface area contributed by atoms with Gasteiger partial charge in [0.2, 0.25) is 0 Å². The van der Waals surface area contributed by atoms with Gasteiger partial charge in [-0.3, -0.25) is 0 Å². The van der Waals surface area contributed by atoms with E-state index in [2.05, 4.69) is 43.6 Å². The average molecular weight is 303 g/mol. The first-order valence-electron chi connectivity index (χ1n) is 7.25. The summed E-state index contributed by atoms with van der Waals surface area (Å²) in [4.78, 5) is 13.7. The average Bonchev–Trinajstić information content (AvgIpc) is 2.92. The molecule has 1 saturated heterocycles. The van der Waals surface area contributed by atoms with Crippen LogP contribution in [0.25, 0.3) is 0 Å². The lowest BCUT2D eigenvalue weighted by Gasteiger charge is -2.33. The molecule has 0 aromatic carbocycles. The van der Waals surface area contributed by atoms with Crippen molar-refractivity contribution in [1.82, 2.24) is 14.9 Å². The van der Waals surface area contributed by atoms with E-state index in [9.17, 15) is 0 Å². The molecule has 0 saturated carbocycles. The molecule has 3 heterocycles. The van der Waals surface area contributed by atoms with E-state index in [0.717, 1.165) is 49.2 Å². The van der Waals surface area contributed by atoms with Gasteiger partial charge in [0.05, 0.1) is 29.1 Å². The van der Waals surface area contributed by atoms with Crippen LogP contribution in [0, 0.1) is 6.92 Å². The van der Waals surface area contributed by atoms with Crippen molar-refractivity contribution in [2.45, 2.75) is 13.5 Å². The quantitative estimate of drug-likeness (QED) is 0.938. The third-order valence-corrected chi connectivity index (χ3v) is 4.56. The molecule has 1 aliphatic rings. The number of rotatable bonds is 4. The number of anilines is 2. The Morgan fingerprint density at radius 1 is 1.24 bits per heavy atom. The van der Waals surface area contributed by atoms with Crippen molar-refractivity contribution >= 4 is 22.8 Å². The zero-order valence-corrected chi connectivity index (χ0v) is 13.4. The van der Waals surface area contributed by atoms with Crippen LogP contribution in [0.3, 0.4) is 0 Å². The van der Waals surface area contributed by atoms with E-state index in [0.29, 0.717) is 0 Å². The van der Waals surface area contributed by atoms with Gasteiger partial charge < -0.3 is 15.1 Å². The number of aryl methyl sites for hydroxylation is 1. The Bertz CT molecular complexity index is 572. The summed E-state index contributed by atoms with van der Waals surface area (Å²) in [5, 5.41) is 6.50. The highest BCUT2D eigenvalue weighted by atomic mass is 32.1. The second kappa shape index (κ2) is 6.41. The maximum Gasteiger partial charge on any atom is 0.126 e. The molecule has 1 fully saturated rings. The lowest BCUT2D eigenvalue weighted by atomic mass is 10.3. The Kier molecular flexibility index (Phi) is 4.36. The van der Waals surface area contributed by atoms with E-state index in [1.165, 1.54) is 5.69 Å². The molecule has 21 heavy (non-hydrogen) atoms. The molecule has 0 spiro atoms. The number of hydrogen-bond donors (Lipinski definition) is 1. The van der Waals surface area contributed by atoms with E-state index >= 15 is 0 Å². The van der Waals surface area contributed by atoms with Gasteiger partial charge in [0.15, 0.2) is 0 Å². The Morgan fingerprint density at radius 3 is 2.67 bits per heavy atom. The lowest BCUT2D eigenvalue weighted by Crippen LogP contribution is -2.44. The van der Waals surface area contributed by atoms with Crippen LogP contribution in [0.1, 0.15) is 10.7 Å². The third-order valence-electron chi connectivity index (χ3n) is 3.73. The van der Waals surface area contributed by atoms with E-state index in [-0.39, 0.29) is 0 Å². The third kappa shape index (κ3) is 3.71. The molecule has 0 unspecified atom stereocenters. The number of nitrogens with one attached hydrogen (secondary N) is 1. The maximum atomic E-state index is 4.50. The van der Waals surface area contributed by atoms with Gasteiger partial charge in [-0.05, 0) is 26.1 Å². The second-order valence-corrected chi connectivity index (χ2v) is 6.47. The predicted octanol–water partition coefficient (Wildman–Crippen LogP) is 2.21. The molecule has 1 N–H and O–H groups in total. The first-order chi connectivity index (χ1) is 10.2. The number of hydrogen-bond acceptors (Lipinski definition) is 6. The number of thiazole rings is 1. The van der Waals surface area contributed by atoms with Gasteiger partial charge >= 0.3 is 0 Å². The molecule has 0 atom stereocenters. The van der Waals surface area contributed by atoms with E-state index in [1.807, 2.05) is 19.2 Å². The summed E-state index contributed by atoms with van der Waals surface area (Å²) in [5.74, 6) is 0.901. The highest BCUT2D eigenvalue weighted by molar-refractivity contribution is 7.09. The molecule has 0 amide bonds. The highest BCUT2D eigenvalue weighted by Gasteiger charge is 2.14. The first kappa shape index (κ1) is 14.3. The minimum absolute atomic E-state index is 0.727. The molecule has 1 aliphatic heterocycles. The van der Waals surface area contributed by atoms with Gasteiger partial charge in [-0.15, -0.1) is 11.3 Å². The zero-order chi connectivity index (χ0) is 14.7. The molecule has 0 radical (unpaired) electrons. The SMILES string of the molecule is Cc1nc(CNc2ccc(N3CCN(C)CC3)cn2)cs1. The summed E-state index contributed by atoms with van der Waals surface area (Å²) in [5.41, 5.74) is 2.28. The van der Waals surface area contributed by atoms with Gasteiger partial charge in [0.1, 0.15) is 5.82 Å². The summed E-state index contributed by atoms with van der Waals surface area (Å²) >= 11 is 1.68. The maximum absolute atomic E-state index is 4.50. The van der Waals surface area contributed by atoms with Gasteiger partial charge in [0, 0.05) is 31.6 Å². The smallest absolute Gasteiger partial charge is 0.126 e. The van der Waals surface area contributed by atoms with Crippen molar-refractivity contribution in [3.63, 3.8) is 0 Å². The molecule has 3 rings (SSSR count). The predicted molar refractivity (Wildman–Crippen MR) is 88.1 cm³/mol. The Balaban J connectivity index is 1.56. The van der Waals surface area contributed by atoms with Crippen LogP contribution in [0.5, 0.6) is 0 Å². The Hall–Kier alpha value is -1.66. The number of piperazine rings is 1. The van der Waals surface area contributed by atoms with Crippen LogP contribution in [0.2, 0.25) is 0 Å². The standard InChI is InChI=1S/C15H21N5S/c1-12-18-13(11-21-12)9-16-15-4-3-14(10-17-15)20-7-5-19(2)6-8-20/h3-4,10-11H,5-9H2,1-2H3,(H,16,17). The fraction of sp³-hybridized carbons (Fsp3) is 0.467. The van der Waals surface area contributed by atoms with E-state index < -0.39 is 0 Å². The summed E-state index contributed by atoms with van der Waals surface area (Å²) in [6, 6.07) is 4.19. The molecular formula is C15H21N5S. The molecule has 0 bridgehead atoms.